The molecule has 0 aliphatic rings. The second kappa shape index (κ2) is 9.13. The Morgan fingerprint density at radius 3 is 2.50 bits per heavy atom. The molecule has 0 aliphatic carbocycles. The van der Waals surface area contributed by atoms with Crippen molar-refractivity contribution in [1.29, 1.82) is 0 Å². The number of Topliss-reactive ketones (excluding diaryl/α,β-unsaturated/α-hetero) is 1. The van der Waals surface area contributed by atoms with Crippen molar-refractivity contribution in [3.05, 3.63) is 30.3 Å². The van der Waals surface area contributed by atoms with E-state index in [9.17, 15) is 9.59 Å². The third-order valence-corrected chi connectivity index (χ3v) is 3.08. The maximum absolute atomic E-state index is 12.1. The van der Waals surface area contributed by atoms with Crippen LogP contribution >= 0.6 is 0 Å². The number of esters is 1. The summed E-state index contributed by atoms with van der Waals surface area (Å²) in [6.07, 6.45) is 2.55. The number of rotatable bonds is 9. The van der Waals surface area contributed by atoms with Crippen LogP contribution in [0, 0.1) is 5.92 Å². The van der Waals surface area contributed by atoms with Crippen molar-refractivity contribution in [2.24, 2.45) is 5.92 Å². The van der Waals surface area contributed by atoms with Crippen molar-refractivity contribution in [3.63, 3.8) is 0 Å². The highest BCUT2D eigenvalue weighted by Crippen LogP contribution is 2.15. The molecule has 0 spiro atoms. The topological polar surface area (TPSA) is 52.6 Å². The van der Waals surface area contributed by atoms with Gasteiger partial charge >= 0.3 is 5.97 Å². The molecule has 0 saturated heterocycles. The zero-order valence-electron chi connectivity index (χ0n) is 12.1. The van der Waals surface area contributed by atoms with Crippen LogP contribution in [0.15, 0.2) is 30.3 Å². The third kappa shape index (κ3) is 5.43. The van der Waals surface area contributed by atoms with E-state index in [0.717, 1.165) is 18.6 Å². The van der Waals surface area contributed by atoms with E-state index in [1.54, 1.807) is 0 Å². The Morgan fingerprint density at radius 1 is 1.20 bits per heavy atom. The van der Waals surface area contributed by atoms with Crippen molar-refractivity contribution >= 4 is 11.8 Å². The van der Waals surface area contributed by atoms with Crippen molar-refractivity contribution in [3.8, 4) is 5.75 Å². The second-order valence-electron chi connectivity index (χ2n) is 4.60. The van der Waals surface area contributed by atoms with Gasteiger partial charge in [-0.2, -0.15) is 0 Å². The standard InChI is InChI=1S/C16H22O4/c1-3-4-10-14(16(18)19-2)15(17)11-12-20-13-8-6-5-7-9-13/h5-9,14H,3-4,10-12H2,1-2H3. The van der Waals surface area contributed by atoms with Crippen LogP contribution in [-0.4, -0.2) is 25.5 Å². The van der Waals surface area contributed by atoms with Gasteiger partial charge in [0, 0.05) is 6.42 Å². The van der Waals surface area contributed by atoms with Gasteiger partial charge in [-0.1, -0.05) is 38.0 Å². The SMILES string of the molecule is CCCCC(C(=O)CCOc1ccccc1)C(=O)OC. The lowest BCUT2D eigenvalue weighted by Crippen LogP contribution is -2.26. The molecule has 0 bridgehead atoms. The van der Waals surface area contributed by atoms with Gasteiger partial charge in [-0.3, -0.25) is 9.59 Å². The summed E-state index contributed by atoms with van der Waals surface area (Å²) in [4.78, 5) is 23.7. The molecule has 0 aromatic heterocycles. The first-order valence-electron chi connectivity index (χ1n) is 6.97. The maximum atomic E-state index is 12.1. The Hall–Kier alpha value is -1.84. The van der Waals surface area contributed by atoms with Crippen LogP contribution in [0.2, 0.25) is 0 Å². The van der Waals surface area contributed by atoms with Crippen molar-refractivity contribution in [2.45, 2.75) is 32.6 Å². The van der Waals surface area contributed by atoms with Crippen LogP contribution in [0.5, 0.6) is 5.75 Å². The van der Waals surface area contributed by atoms with Crippen LogP contribution in [0.1, 0.15) is 32.6 Å². The summed E-state index contributed by atoms with van der Waals surface area (Å²) in [5, 5.41) is 0. The number of ether oxygens (including phenoxy) is 2. The number of hydrogen-bond donors (Lipinski definition) is 0. The quantitative estimate of drug-likeness (QED) is 0.514. The van der Waals surface area contributed by atoms with E-state index >= 15 is 0 Å². The number of benzene rings is 1. The van der Waals surface area contributed by atoms with Crippen LogP contribution in [0.25, 0.3) is 0 Å². The summed E-state index contributed by atoms with van der Waals surface area (Å²) >= 11 is 0. The molecule has 1 unspecified atom stereocenters. The fraction of sp³-hybridized carbons (Fsp3) is 0.500. The first-order chi connectivity index (χ1) is 9.69. The van der Waals surface area contributed by atoms with Gasteiger partial charge in [0.15, 0.2) is 0 Å². The van der Waals surface area contributed by atoms with E-state index in [4.69, 9.17) is 9.47 Å². The molecular weight excluding hydrogens is 256 g/mol. The molecule has 4 heteroatoms. The Balaban J connectivity index is 2.43. The Morgan fingerprint density at radius 2 is 1.90 bits per heavy atom. The molecule has 0 aliphatic heterocycles. The van der Waals surface area contributed by atoms with E-state index in [-0.39, 0.29) is 18.8 Å². The molecule has 0 N–H and O–H groups in total. The van der Waals surface area contributed by atoms with Crippen LogP contribution in [0.3, 0.4) is 0 Å². The van der Waals surface area contributed by atoms with Crippen LogP contribution < -0.4 is 4.74 Å². The monoisotopic (exact) mass is 278 g/mol. The average Bonchev–Trinajstić information content (AvgIpc) is 2.48. The van der Waals surface area contributed by atoms with Gasteiger partial charge in [0.1, 0.15) is 17.5 Å². The summed E-state index contributed by atoms with van der Waals surface area (Å²) in [6.45, 7) is 2.31. The predicted molar refractivity (Wildman–Crippen MR) is 76.6 cm³/mol. The molecule has 0 heterocycles. The van der Waals surface area contributed by atoms with E-state index in [0.29, 0.717) is 6.42 Å². The van der Waals surface area contributed by atoms with Crippen molar-refractivity contribution in [2.75, 3.05) is 13.7 Å². The molecule has 4 nitrogen and oxygen atoms in total. The minimum Gasteiger partial charge on any atom is -0.493 e. The summed E-state index contributed by atoms with van der Waals surface area (Å²) < 4.78 is 10.2. The number of para-hydroxylation sites is 1. The number of carbonyl (C=O) groups excluding carboxylic acids is 2. The fourth-order valence-electron chi connectivity index (χ4n) is 1.92. The highest BCUT2D eigenvalue weighted by molar-refractivity contribution is 5.98. The van der Waals surface area contributed by atoms with Gasteiger partial charge < -0.3 is 9.47 Å². The lowest BCUT2D eigenvalue weighted by atomic mass is 9.96. The second-order valence-corrected chi connectivity index (χ2v) is 4.60. The van der Waals surface area contributed by atoms with E-state index in [1.807, 2.05) is 37.3 Å². The van der Waals surface area contributed by atoms with Crippen molar-refractivity contribution in [1.82, 2.24) is 0 Å². The molecule has 0 amide bonds. The summed E-state index contributed by atoms with van der Waals surface area (Å²) in [7, 11) is 1.31. The maximum Gasteiger partial charge on any atom is 0.316 e. The molecule has 1 aromatic rings. The van der Waals surface area contributed by atoms with Gasteiger partial charge in [-0.05, 0) is 18.6 Å². The number of carbonyl (C=O) groups is 2. The van der Waals surface area contributed by atoms with Crippen LogP contribution in [-0.2, 0) is 14.3 Å². The molecule has 1 aromatic carbocycles. The minimum atomic E-state index is -0.653. The van der Waals surface area contributed by atoms with E-state index in [1.165, 1.54) is 7.11 Å². The fourth-order valence-corrected chi connectivity index (χ4v) is 1.92. The number of methoxy groups -OCH3 is 1. The molecular formula is C16H22O4. The zero-order chi connectivity index (χ0) is 14.8. The minimum absolute atomic E-state index is 0.110. The molecule has 0 radical (unpaired) electrons. The lowest BCUT2D eigenvalue weighted by Gasteiger charge is -2.13. The molecule has 20 heavy (non-hydrogen) atoms. The smallest absolute Gasteiger partial charge is 0.316 e. The number of ketones is 1. The van der Waals surface area contributed by atoms with E-state index < -0.39 is 11.9 Å². The molecule has 1 atom stereocenters. The van der Waals surface area contributed by atoms with Gasteiger partial charge in [0.2, 0.25) is 0 Å². The first-order valence-corrected chi connectivity index (χ1v) is 6.97. The summed E-state index contributed by atoms with van der Waals surface area (Å²) in [5.74, 6) is -0.479. The summed E-state index contributed by atoms with van der Waals surface area (Å²) in [5.41, 5.74) is 0. The highest BCUT2D eigenvalue weighted by atomic mass is 16.5. The predicted octanol–water partition coefficient (Wildman–Crippen LogP) is 3.00. The van der Waals surface area contributed by atoms with E-state index in [2.05, 4.69) is 0 Å². The third-order valence-electron chi connectivity index (χ3n) is 3.08. The average molecular weight is 278 g/mol. The molecule has 0 fully saturated rings. The number of unbranched alkanes of at least 4 members (excludes halogenated alkanes) is 1. The Bertz CT molecular complexity index is 414. The molecule has 110 valence electrons. The lowest BCUT2D eigenvalue weighted by molar-refractivity contribution is -0.149. The van der Waals surface area contributed by atoms with Gasteiger partial charge in [0.25, 0.3) is 0 Å². The van der Waals surface area contributed by atoms with Gasteiger partial charge in [-0.15, -0.1) is 0 Å². The Labute approximate surface area is 120 Å². The highest BCUT2D eigenvalue weighted by Gasteiger charge is 2.26. The van der Waals surface area contributed by atoms with Gasteiger partial charge in [0.05, 0.1) is 13.7 Å². The molecule has 0 saturated carbocycles. The number of hydrogen-bond acceptors (Lipinski definition) is 4. The van der Waals surface area contributed by atoms with Crippen LogP contribution in [0.4, 0.5) is 0 Å². The summed E-state index contributed by atoms with van der Waals surface area (Å²) in [6, 6.07) is 9.31. The Kier molecular flexibility index (Phi) is 7.40. The van der Waals surface area contributed by atoms with Crippen molar-refractivity contribution < 1.29 is 19.1 Å². The molecule has 1 rings (SSSR count). The largest absolute Gasteiger partial charge is 0.493 e. The zero-order valence-corrected chi connectivity index (χ0v) is 12.1. The normalized spacial score (nSPS) is 11.7. The van der Waals surface area contributed by atoms with Gasteiger partial charge in [-0.25, -0.2) is 0 Å². The first kappa shape index (κ1) is 16.2.